The summed E-state index contributed by atoms with van der Waals surface area (Å²) in [6, 6.07) is -1.03. The van der Waals surface area contributed by atoms with Crippen LogP contribution in [-0.2, 0) is 9.53 Å². The minimum absolute atomic E-state index is 0.0714. The molecule has 4 atom stereocenters. The van der Waals surface area contributed by atoms with E-state index < -0.39 is 23.8 Å². The lowest BCUT2D eigenvalue weighted by Gasteiger charge is -2.36. The van der Waals surface area contributed by atoms with E-state index in [9.17, 15) is 19.8 Å². The van der Waals surface area contributed by atoms with Crippen LogP contribution in [0.1, 0.15) is 52.9 Å². The number of amides is 2. The summed E-state index contributed by atoms with van der Waals surface area (Å²) in [5.41, 5.74) is -0.641. The van der Waals surface area contributed by atoms with Crippen molar-refractivity contribution in [2.45, 2.75) is 82.7 Å². The number of hydrogen-bond donors (Lipinski definition) is 3. The highest BCUT2D eigenvalue weighted by molar-refractivity contribution is 5.86. The number of nitrogens with zero attached hydrogens (tertiary/aromatic N) is 1. The zero-order chi connectivity index (χ0) is 17.2. The van der Waals surface area contributed by atoms with Gasteiger partial charge in [-0.05, 0) is 52.9 Å². The van der Waals surface area contributed by atoms with E-state index in [2.05, 4.69) is 5.32 Å². The third-order valence-corrected chi connectivity index (χ3v) is 4.41. The molecule has 7 nitrogen and oxygen atoms in total. The van der Waals surface area contributed by atoms with Crippen molar-refractivity contribution in [3.05, 3.63) is 0 Å². The molecule has 0 aromatic rings. The molecule has 2 aliphatic heterocycles. The molecule has 2 saturated heterocycles. The molecule has 0 aromatic carbocycles. The molecule has 0 spiro atoms. The number of nitrogens with one attached hydrogen (secondary N) is 1. The number of ether oxygens (including phenoxy) is 1. The van der Waals surface area contributed by atoms with E-state index in [0.717, 1.165) is 12.8 Å². The van der Waals surface area contributed by atoms with Crippen LogP contribution in [0.3, 0.4) is 0 Å². The van der Waals surface area contributed by atoms with E-state index in [1.165, 1.54) is 0 Å². The molecule has 0 aliphatic carbocycles. The number of aliphatic hydroxyl groups is 2. The molecule has 1 unspecified atom stereocenters. The molecule has 3 N–H and O–H groups in total. The number of aliphatic hydroxyl groups excluding tert-OH is 2. The predicted molar refractivity (Wildman–Crippen MR) is 83.8 cm³/mol. The van der Waals surface area contributed by atoms with Crippen LogP contribution in [0.25, 0.3) is 0 Å². The summed E-state index contributed by atoms with van der Waals surface area (Å²) < 4.78 is 5.22. The Morgan fingerprint density at radius 2 is 2.00 bits per heavy atom. The molecule has 2 heterocycles. The van der Waals surface area contributed by atoms with Gasteiger partial charge in [-0.1, -0.05) is 0 Å². The van der Waals surface area contributed by atoms with Crippen LogP contribution < -0.4 is 5.32 Å². The fourth-order valence-electron chi connectivity index (χ4n) is 3.41. The summed E-state index contributed by atoms with van der Waals surface area (Å²) in [7, 11) is 0. The SMILES string of the molecule is CC(C)(C)OC(=O)N[C@H]1CCC(O)C[C@H]2CC[C@@H](CO)N2C1=O. The van der Waals surface area contributed by atoms with Gasteiger partial charge in [0.15, 0.2) is 0 Å². The zero-order valence-corrected chi connectivity index (χ0v) is 14.1. The molecule has 23 heavy (non-hydrogen) atoms. The lowest BCUT2D eigenvalue weighted by Crippen LogP contribution is -2.55. The van der Waals surface area contributed by atoms with Crippen molar-refractivity contribution in [2.24, 2.45) is 0 Å². The first kappa shape index (κ1) is 18.0. The van der Waals surface area contributed by atoms with Crippen LogP contribution in [0.2, 0.25) is 0 Å². The number of rotatable bonds is 2. The molecule has 2 rings (SSSR count). The van der Waals surface area contributed by atoms with Crippen LogP contribution in [0, 0.1) is 0 Å². The van der Waals surface area contributed by atoms with Gasteiger partial charge in [0.05, 0.1) is 18.8 Å². The highest BCUT2D eigenvalue weighted by Gasteiger charge is 2.42. The Labute approximate surface area is 137 Å². The van der Waals surface area contributed by atoms with Crippen molar-refractivity contribution in [1.29, 1.82) is 0 Å². The standard InChI is InChI=1S/C16H28N2O5/c1-16(2,3)23-15(22)17-13-7-6-12(20)8-10-4-5-11(9-19)18(10)14(13)21/h10-13,19-20H,4-9H2,1-3H3,(H,17,22)/t10-,11+,12?,13+/m1/s1. The summed E-state index contributed by atoms with van der Waals surface area (Å²) in [5, 5.41) is 22.2. The van der Waals surface area contributed by atoms with Gasteiger partial charge in [0.25, 0.3) is 0 Å². The molecule has 0 bridgehead atoms. The van der Waals surface area contributed by atoms with Gasteiger partial charge in [-0.2, -0.15) is 0 Å². The molecule has 132 valence electrons. The Morgan fingerprint density at radius 3 is 2.61 bits per heavy atom. The second kappa shape index (κ2) is 7.05. The van der Waals surface area contributed by atoms with E-state index in [0.29, 0.717) is 19.3 Å². The van der Waals surface area contributed by atoms with Gasteiger partial charge in [-0.15, -0.1) is 0 Å². The van der Waals surface area contributed by atoms with Gasteiger partial charge in [0, 0.05) is 6.04 Å². The molecule has 2 fully saturated rings. The first-order valence-electron chi connectivity index (χ1n) is 8.32. The van der Waals surface area contributed by atoms with Gasteiger partial charge in [0.1, 0.15) is 11.6 Å². The zero-order valence-electron chi connectivity index (χ0n) is 14.1. The molecular weight excluding hydrogens is 300 g/mol. The largest absolute Gasteiger partial charge is 0.444 e. The fraction of sp³-hybridized carbons (Fsp3) is 0.875. The number of hydrogen-bond acceptors (Lipinski definition) is 5. The minimum atomic E-state index is -0.727. The van der Waals surface area contributed by atoms with Gasteiger partial charge in [0.2, 0.25) is 5.91 Å². The predicted octanol–water partition coefficient (Wildman–Crippen LogP) is 0.776. The van der Waals surface area contributed by atoms with Crippen molar-refractivity contribution in [3.8, 4) is 0 Å². The maximum Gasteiger partial charge on any atom is 0.408 e. The first-order valence-corrected chi connectivity index (χ1v) is 8.32. The van der Waals surface area contributed by atoms with E-state index >= 15 is 0 Å². The van der Waals surface area contributed by atoms with Gasteiger partial charge in [-0.3, -0.25) is 4.79 Å². The maximum atomic E-state index is 12.8. The van der Waals surface area contributed by atoms with Gasteiger partial charge < -0.3 is 25.2 Å². The monoisotopic (exact) mass is 328 g/mol. The molecule has 0 aromatic heterocycles. The van der Waals surface area contributed by atoms with Crippen LogP contribution in [0.15, 0.2) is 0 Å². The Kier molecular flexibility index (Phi) is 5.52. The third-order valence-electron chi connectivity index (χ3n) is 4.41. The second-order valence-corrected chi connectivity index (χ2v) is 7.48. The molecule has 2 amide bonds. The van der Waals surface area contributed by atoms with E-state index in [1.807, 2.05) is 0 Å². The van der Waals surface area contributed by atoms with E-state index in [4.69, 9.17) is 4.74 Å². The van der Waals surface area contributed by atoms with Crippen LogP contribution in [0.4, 0.5) is 4.79 Å². The lowest BCUT2D eigenvalue weighted by atomic mass is 9.97. The Bertz CT molecular complexity index is 448. The normalized spacial score (nSPS) is 32.0. The molecule has 2 aliphatic rings. The van der Waals surface area contributed by atoms with Crippen molar-refractivity contribution in [2.75, 3.05) is 6.61 Å². The van der Waals surface area contributed by atoms with Gasteiger partial charge >= 0.3 is 6.09 Å². The highest BCUT2D eigenvalue weighted by Crippen LogP contribution is 2.31. The molecule has 0 radical (unpaired) electrons. The summed E-state index contributed by atoms with van der Waals surface area (Å²) in [4.78, 5) is 26.5. The van der Waals surface area contributed by atoms with Crippen LogP contribution in [-0.4, -0.2) is 63.6 Å². The number of carbonyl (C=O) groups is 2. The second-order valence-electron chi connectivity index (χ2n) is 7.48. The maximum absolute atomic E-state index is 12.8. The summed E-state index contributed by atoms with van der Waals surface area (Å²) in [6.07, 6.45) is 1.70. The number of alkyl carbamates (subject to hydrolysis) is 1. The molecular formula is C16H28N2O5. The summed E-state index contributed by atoms with van der Waals surface area (Å²) >= 11 is 0. The van der Waals surface area contributed by atoms with E-state index in [-0.39, 0.29) is 24.6 Å². The Morgan fingerprint density at radius 1 is 1.30 bits per heavy atom. The number of fused-ring (bicyclic) bond motifs is 1. The third kappa shape index (κ3) is 4.57. The Hall–Kier alpha value is -1.34. The van der Waals surface area contributed by atoms with Crippen molar-refractivity contribution < 1.29 is 24.5 Å². The Balaban J connectivity index is 2.11. The molecule has 0 saturated carbocycles. The minimum Gasteiger partial charge on any atom is -0.444 e. The van der Waals surface area contributed by atoms with E-state index in [1.54, 1.807) is 25.7 Å². The average Bonchev–Trinajstić information content (AvgIpc) is 2.81. The van der Waals surface area contributed by atoms with Gasteiger partial charge in [-0.25, -0.2) is 4.79 Å². The fourth-order valence-corrected chi connectivity index (χ4v) is 3.41. The van der Waals surface area contributed by atoms with Crippen molar-refractivity contribution in [3.63, 3.8) is 0 Å². The van der Waals surface area contributed by atoms with Crippen molar-refractivity contribution >= 4 is 12.0 Å². The summed E-state index contributed by atoms with van der Waals surface area (Å²) in [6.45, 7) is 5.18. The highest BCUT2D eigenvalue weighted by atomic mass is 16.6. The van der Waals surface area contributed by atoms with Crippen molar-refractivity contribution in [1.82, 2.24) is 10.2 Å². The first-order chi connectivity index (χ1) is 10.7. The summed E-state index contributed by atoms with van der Waals surface area (Å²) in [5.74, 6) is -0.190. The average molecular weight is 328 g/mol. The molecule has 7 heteroatoms. The smallest absolute Gasteiger partial charge is 0.408 e. The number of carbonyl (C=O) groups excluding carboxylic acids is 2. The lowest BCUT2D eigenvalue weighted by molar-refractivity contribution is -0.139. The van der Waals surface area contributed by atoms with Crippen LogP contribution >= 0.6 is 0 Å². The topological polar surface area (TPSA) is 99.1 Å². The van der Waals surface area contributed by atoms with Crippen LogP contribution in [0.5, 0.6) is 0 Å². The quantitative estimate of drug-likeness (QED) is 0.695.